The van der Waals surface area contributed by atoms with E-state index in [-0.39, 0.29) is 16.6 Å². The Hall–Kier alpha value is -1.77. The van der Waals surface area contributed by atoms with Gasteiger partial charge in [-0.05, 0) is 6.07 Å². The number of nitrogens with zero attached hydrogens (tertiary/aromatic N) is 3. The average Bonchev–Trinajstić information content (AvgIpc) is 2.83. The van der Waals surface area contributed by atoms with Crippen LogP contribution in [0.2, 0.25) is 5.02 Å². The zero-order valence-corrected chi connectivity index (χ0v) is 12.0. The van der Waals surface area contributed by atoms with E-state index >= 15 is 0 Å². The summed E-state index contributed by atoms with van der Waals surface area (Å²) < 4.78 is 14.4. The predicted molar refractivity (Wildman–Crippen MR) is 73.7 cm³/mol. The van der Waals surface area contributed by atoms with Gasteiger partial charge in [0, 0.05) is 42.2 Å². The molecule has 7 nitrogen and oxygen atoms in total. The zero-order chi connectivity index (χ0) is 14.5. The van der Waals surface area contributed by atoms with E-state index in [2.05, 4.69) is 9.36 Å². The number of halogens is 1. The lowest BCUT2D eigenvalue weighted by Gasteiger charge is -2.02. The van der Waals surface area contributed by atoms with Gasteiger partial charge in [0.05, 0.1) is 11.5 Å². The molecule has 1 aromatic heterocycles. The second-order valence-electron chi connectivity index (χ2n) is 3.69. The molecule has 0 aliphatic rings. The van der Waals surface area contributed by atoms with Gasteiger partial charge in [-0.15, -0.1) is 0 Å². The van der Waals surface area contributed by atoms with Crippen molar-refractivity contribution in [1.29, 1.82) is 0 Å². The lowest BCUT2D eigenvalue weighted by molar-refractivity contribution is -0.385. The van der Waals surface area contributed by atoms with E-state index in [1.165, 1.54) is 18.2 Å². The summed E-state index contributed by atoms with van der Waals surface area (Å²) in [6.45, 7) is 0.494. The van der Waals surface area contributed by atoms with Crippen LogP contribution >= 0.6 is 23.1 Å². The number of ether oxygens (including phenoxy) is 2. The number of rotatable bonds is 6. The highest BCUT2D eigenvalue weighted by atomic mass is 35.5. The summed E-state index contributed by atoms with van der Waals surface area (Å²) in [5, 5.41) is 11.5. The first kappa shape index (κ1) is 14.6. The molecule has 0 saturated carbocycles. The lowest BCUT2D eigenvalue weighted by atomic mass is 10.3. The normalized spacial score (nSPS) is 10.5. The van der Waals surface area contributed by atoms with Crippen LogP contribution in [-0.4, -0.2) is 28.0 Å². The molecule has 0 bridgehead atoms. The fourth-order valence-corrected chi connectivity index (χ4v) is 2.14. The lowest BCUT2D eigenvalue weighted by Crippen LogP contribution is -1.96. The number of benzene rings is 1. The molecule has 0 fully saturated rings. The number of nitro groups is 1. The van der Waals surface area contributed by atoms with Gasteiger partial charge in [0.25, 0.3) is 5.19 Å². The van der Waals surface area contributed by atoms with Crippen LogP contribution in [0.1, 0.15) is 5.82 Å². The number of methoxy groups -OCH3 is 1. The second-order valence-corrected chi connectivity index (χ2v) is 4.84. The molecular formula is C11H10ClN3O4S. The molecule has 0 aliphatic carbocycles. The summed E-state index contributed by atoms with van der Waals surface area (Å²) in [5.74, 6) is 0.605. The minimum absolute atomic E-state index is 0.0388. The van der Waals surface area contributed by atoms with E-state index in [1.54, 1.807) is 7.11 Å². The van der Waals surface area contributed by atoms with E-state index in [0.29, 0.717) is 23.9 Å². The third-order valence-electron chi connectivity index (χ3n) is 2.30. The van der Waals surface area contributed by atoms with Gasteiger partial charge in [-0.25, -0.2) is 0 Å². The molecule has 1 heterocycles. The maximum atomic E-state index is 10.9. The first-order valence-electron chi connectivity index (χ1n) is 5.53. The highest BCUT2D eigenvalue weighted by Gasteiger charge is 2.18. The monoisotopic (exact) mass is 315 g/mol. The van der Waals surface area contributed by atoms with Crippen molar-refractivity contribution in [3.8, 4) is 10.9 Å². The smallest absolute Gasteiger partial charge is 0.311 e. The fourth-order valence-electron chi connectivity index (χ4n) is 1.39. The first-order chi connectivity index (χ1) is 9.60. The van der Waals surface area contributed by atoms with Crippen LogP contribution in [0.5, 0.6) is 10.9 Å². The molecule has 1 aromatic carbocycles. The van der Waals surface area contributed by atoms with E-state index in [1.807, 2.05) is 0 Å². The van der Waals surface area contributed by atoms with E-state index in [4.69, 9.17) is 21.1 Å². The van der Waals surface area contributed by atoms with Crippen molar-refractivity contribution in [3.05, 3.63) is 39.2 Å². The van der Waals surface area contributed by atoms with Crippen LogP contribution in [0, 0.1) is 10.1 Å². The zero-order valence-electron chi connectivity index (χ0n) is 10.4. The summed E-state index contributed by atoms with van der Waals surface area (Å²) in [5.41, 5.74) is -0.178. The fraction of sp³-hybridized carbons (Fsp3) is 0.273. The molecule has 20 heavy (non-hydrogen) atoms. The Morgan fingerprint density at radius 3 is 3.00 bits per heavy atom. The van der Waals surface area contributed by atoms with Crippen LogP contribution in [0.15, 0.2) is 18.2 Å². The molecule has 106 valence electrons. The number of hydrogen-bond donors (Lipinski definition) is 0. The predicted octanol–water partition coefficient (Wildman–Crippen LogP) is 3.08. The van der Waals surface area contributed by atoms with Crippen LogP contribution in [-0.2, 0) is 11.2 Å². The van der Waals surface area contributed by atoms with Crippen molar-refractivity contribution >= 4 is 28.8 Å². The van der Waals surface area contributed by atoms with Gasteiger partial charge in [-0.1, -0.05) is 11.6 Å². The Bertz CT molecular complexity index is 619. The molecule has 0 unspecified atom stereocenters. The molecule has 0 atom stereocenters. The van der Waals surface area contributed by atoms with E-state index < -0.39 is 4.92 Å². The molecule has 2 aromatic rings. The Labute approximate surface area is 123 Å². The largest absolute Gasteiger partial charge is 0.422 e. The quantitative estimate of drug-likeness (QED) is 0.601. The Kier molecular flexibility index (Phi) is 4.83. The van der Waals surface area contributed by atoms with Gasteiger partial charge in [-0.2, -0.15) is 9.36 Å². The van der Waals surface area contributed by atoms with Crippen molar-refractivity contribution < 1.29 is 14.4 Å². The molecule has 0 radical (unpaired) electrons. The van der Waals surface area contributed by atoms with Gasteiger partial charge in [0.15, 0.2) is 0 Å². The topological polar surface area (TPSA) is 87.4 Å². The maximum absolute atomic E-state index is 10.9. The summed E-state index contributed by atoms with van der Waals surface area (Å²) >= 11 is 6.83. The highest BCUT2D eigenvalue weighted by molar-refractivity contribution is 7.07. The third kappa shape index (κ3) is 3.62. The number of aromatic nitrogens is 2. The second kappa shape index (κ2) is 6.60. The van der Waals surface area contributed by atoms with Crippen LogP contribution < -0.4 is 4.74 Å². The third-order valence-corrected chi connectivity index (χ3v) is 3.16. The molecule has 2 rings (SSSR count). The highest BCUT2D eigenvalue weighted by Crippen LogP contribution is 2.34. The summed E-state index contributed by atoms with van der Waals surface area (Å²) in [6, 6.07) is 4.08. The average molecular weight is 316 g/mol. The van der Waals surface area contributed by atoms with E-state index in [0.717, 1.165) is 11.5 Å². The van der Waals surface area contributed by atoms with Crippen molar-refractivity contribution in [2.45, 2.75) is 6.42 Å². The van der Waals surface area contributed by atoms with E-state index in [9.17, 15) is 10.1 Å². The summed E-state index contributed by atoms with van der Waals surface area (Å²) in [6.07, 6.45) is 0.550. The molecule has 0 amide bonds. The molecule has 0 spiro atoms. The number of nitro benzene ring substituents is 1. The number of hydrogen-bond acceptors (Lipinski definition) is 7. The molecule has 0 aliphatic heterocycles. The van der Waals surface area contributed by atoms with Crippen LogP contribution in [0.4, 0.5) is 5.69 Å². The molecule has 0 saturated heterocycles. The molecule has 9 heteroatoms. The Balaban J connectivity index is 2.19. The summed E-state index contributed by atoms with van der Waals surface area (Å²) in [7, 11) is 1.58. The van der Waals surface area contributed by atoms with Crippen LogP contribution in [0.25, 0.3) is 0 Å². The van der Waals surface area contributed by atoms with Gasteiger partial charge in [-0.3, -0.25) is 10.1 Å². The Morgan fingerprint density at radius 1 is 1.50 bits per heavy atom. The minimum atomic E-state index is -0.543. The van der Waals surface area contributed by atoms with Gasteiger partial charge >= 0.3 is 5.69 Å². The van der Waals surface area contributed by atoms with Crippen LogP contribution in [0.3, 0.4) is 0 Å². The van der Waals surface area contributed by atoms with Gasteiger partial charge < -0.3 is 9.47 Å². The van der Waals surface area contributed by atoms with Crippen molar-refractivity contribution in [2.24, 2.45) is 0 Å². The molecular weight excluding hydrogens is 306 g/mol. The van der Waals surface area contributed by atoms with Crippen molar-refractivity contribution in [3.63, 3.8) is 0 Å². The van der Waals surface area contributed by atoms with Crippen molar-refractivity contribution in [1.82, 2.24) is 9.36 Å². The van der Waals surface area contributed by atoms with Gasteiger partial charge in [0.1, 0.15) is 5.82 Å². The maximum Gasteiger partial charge on any atom is 0.311 e. The Morgan fingerprint density at radius 2 is 2.30 bits per heavy atom. The SMILES string of the molecule is COCCc1nsc(Oc2cc(Cl)ccc2[N+](=O)[O-])n1. The first-order valence-corrected chi connectivity index (χ1v) is 6.68. The standard InChI is InChI=1S/C11H10ClN3O4S/c1-18-5-4-10-13-11(20-14-10)19-9-6-7(12)2-3-8(9)15(16)17/h2-3,6H,4-5H2,1H3. The molecule has 0 N–H and O–H groups in total. The summed E-state index contributed by atoms with van der Waals surface area (Å²) in [4.78, 5) is 14.5. The van der Waals surface area contributed by atoms with Crippen molar-refractivity contribution in [2.75, 3.05) is 13.7 Å². The minimum Gasteiger partial charge on any atom is -0.422 e. The van der Waals surface area contributed by atoms with Gasteiger partial charge in [0.2, 0.25) is 5.75 Å².